The van der Waals surface area contributed by atoms with Crippen molar-refractivity contribution >= 4 is 11.6 Å². The number of hydrogen-bond acceptors (Lipinski definition) is 2. The van der Waals surface area contributed by atoms with E-state index in [0.29, 0.717) is 6.04 Å². The summed E-state index contributed by atoms with van der Waals surface area (Å²) in [6.07, 6.45) is 2.28. The van der Waals surface area contributed by atoms with Crippen LogP contribution in [-0.4, -0.2) is 32.1 Å². The normalized spacial score (nSPS) is 13.0. The van der Waals surface area contributed by atoms with E-state index < -0.39 is 0 Å². The Morgan fingerprint density at radius 3 is 2.41 bits per heavy atom. The highest BCUT2D eigenvalue weighted by molar-refractivity contribution is 6.30. The molecule has 0 bridgehead atoms. The Morgan fingerprint density at radius 1 is 1.24 bits per heavy atom. The number of hydrogen-bond donors (Lipinski definition) is 1. The fourth-order valence-corrected chi connectivity index (χ4v) is 1.99. The van der Waals surface area contributed by atoms with Gasteiger partial charge in [0.2, 0.25) is 0 Å². The molecule has 17 heavy (non-hydrogen) atoms. The molecule has 1 aromatic carbocycles. The SMILES string of the molecule is CCC(NCCCN(C)C)c1ccc(Cl)cc1. The van der Waals surface area contributed by atoms with Crippen LogP contribution in [0.15, 0.2) is 24.3 Å². The van der Waals surface area contributed by atoms with Gasteiger partial charge in [0.1, 0.15) is 0 Å². The Morgan fingerprint density at radius 2 is 1.88 bits per heavy atom. The van der Waals surface area contributed by atoms with Gasteiger partial charge in [0, 0.05) is 11.1 Å². The van der Waals surface area contributed by atoms with Crippen LogP contribution in [0.3, 0.4) is 0 Å². The average molecular weight is 255 g/mol. The molecule has 0 saturated carbocycles. The first kappa shape index (κ1) is 14.5. The number of halogens is 1. The molecule has 0 aromatic heterocycles. The maximum atomic E-state index is 5.90. The molecule has 1 atom stereocenters. The fourth-order valence-electron chi connectivity index (χ4n) is 1.86. The number of rotatable bonds is 7. The molecule has 0 amide bonds. The van der Waals surface area contributed by atoms with E-state index in [2.05, 4.69) is 43.4 Å². The molecule has 0 fully saturated rings. The third kappa shape index (κ3) is 5.53. The van der Waals surface area contributed by atoms with Crippen molar-refractivity contribution in [2.24, 2.45) is 0 Å². The molecule has 0 aliphatic heterocycles. The minimum absolute atomic E-state index is 0.439. The van der Waals surface area contributed by atoms with E-state index >= 15 is 0 Å². The topological polar surface area (TPSA) is 15.3 Å². The molecular weight excluding hydrogens is 232 g/mol. The van der Waals surface area contributed by atoms with Crippen molar-refractivity contribution in [3.05, 3.63) is 34.9 Å². The van der Waals surface area contributed by atoms with E-state index in [0.717, 1.165) is 24.5 Å². The molecule has 0 saturated heterocycles. The van der Waals surface area contributed by atoms with Gasteiger partial charge in [-0.05, 0) is 57.7 Å². The summed E-state index contributed by atoms with van der Waals surface area (Å²) in [5.74, 6) is 0. The molecule has 3 heteroatoms. The van der Waals surface area contributed by atoms with Gasteiger partial charge in [-0.15, -0.1) is 0 Å². The third-order valence-electron chi connectivity index (χ3n) is 2.85. The zero-order valence-corrected chi connectivity index (χ0v) is 11.8. The van der Waals surface area contributed by atoms with Gasteiger partial charge >= 0.3 is 0 Å². The quantitative estimate of drug-likeness (QED) is 0.751. The summed E-state index contributed by atoms with van der Waals surface area (Å²) in [4.78, 5) is 2.21. The van der Waals surface area contributed by atoms with Crippen LogP contribution < -0.4 is 5.32 Å². The first-order valence-electron chi connectivity index (χ1n) is 6.27. The number of nitrogens with zero attached hydrogens (tertiary/aromatic N) is 1. The van der Waals surface area contributed by atoms with E-state index in [9.17, 15) is 0 Å². The second-order valence-corrected chi connectivity index (χ2v) is 5.06. The predicted molar refractivity (Wildman–Crippen MR) is 75.7 cm³/mol. The monoisotopic (exact) mass is 254 g/mol. The Balaban J connectivity index is 2.40. The molecule has 0 aliphatic rings. The van der Waals surface area contributed by atoms with Gasteiger partial charge in [-0.3, -0.25) is 0 Å². The highest BCUT2D eigenvalue weighted by atomic mass is 35.5. The maximum absolute atomic E-state index is 5.90. The smallest absolute Gasteiger partial charge is 0.0406 e. The maximum Gasteiger partial charge on any atom is 0.0406 e. The standard InChI is InChI=1S/C14H23ClN2/c1-4-14(16-10-5-11-17(2)3)12-6-8-13(15)9-7-12/h6-9,14,16H,4-5,10-11H2,1-3H3. The summed E-state index contributed by atoms with van der Waals surface area (Å²) < 4.78 is 0. The molecule has 1 rings (SSSR count). The van der Waals surface area contributed by atoms with Gasteiger partial charge in [0.15, 0.2) is 0 Å². The summed E-state index contributed by atoms with van der Waals surface area (Å²) in [7, 11) is 4.22. The van der Waals surface area contributed by atoms with Crippen molar-refractivity contribution in [1.82, 2.24) is 10.2 Å². The van der Waals surface area contributed by atoms with E-state index in [-0.39, 0.29) is 0 Å². The van der Waals surface area contributed by atoms with E-state index in [1.165, 1.54) is 12.0 Å². The molecule has 1 aromatic rings. The molecule has 96 valence electrons. The molecule has 2 nitrogen and oxygen atoms in total. The van der Waals surface area contributed by atoms with Crippen LogP contribution in [0.25, 0.3) is 0 Å². The zero-order valence-electron chi connectivity index (χ0n) is 11.0. The van der Waals surface area contributed by atoms with Gasteiger partial charge in [-0.1, -0.05) is 30.7 Å². The molecule has 1 unspecified atom stereocenters. The summed E-state index contributed by atoms with van der Waals surface area (Å²) in [6, 6.07) is 8.57. The Bertz CT molecular complexity index is 309. The fraction of sp³-hybridized carbons (Fsp3) is 0.571. The average Bonchev–Trinajstić information content (AvgIpc) is 2.30. The Hall–Kier alpha value is -0.570. The lowest BCUT2D eigenvalue weighted by atomic mass is 10.0. The van der Waals surface area contributed by atoms with Crippen molar-refractivity contribution in [3.63, 3.8) is 0 Å². The van der Waals surface area contributed by atoms with Crippen LogP contribution in [0.5, 0.6) is 0 Å². The molecule has 0 spiro atoms. The van der Waals surface area contributed by atoms with E-state index in [1.54, 1.807) is 0 Å². The van der Waals surface area contributed by atoms with Crippen molar-refractivity contribution in [2.45, 2.75) is 25.8 Å². The van der Waals surface area contributed by atoms with E-state index in [1.807, 2.05) is 12.1 Å². The second kappa shape index (κ2) is 7.70. The summed E-state index contributed by atoms with van der Waals surface area (Å²) in [6.45, 7) is 4.39. The largest absolute Gasteiger partial charge is 0.310 e. The van der Waals surface area contributed by atoms with Crippen molar-refractivity contribution < 1.29 is 0 Å². The number of benzene rings is 1. The van der Waals surface area contributed by atoms with Gasteiger partial charge < -0.3 is 10.2 Å². The lowest BCUT2D eigenvalue weighted by Crippen LogP contribution is -2.25. The van der Waals surface area contributed by atoms with Crippen LogP contribution >= 0.6 is 11.6 Å². The van der Waals surface area contributed by atoms with Crippen LogP contribution in [0.1, 0.15) is 31.4 Å². The number of nitrogens with one attached hydrogen (secondary N) is 1. The van der Waals surface area contributed by atoms with Gasteiger partial charge in [-0.25, -0.2) is 0 Å². The van der Waals surface area contributed by atoms with Crippen molar-refractivity contribution in [2.75, 3.05) is 27.2 Å². The van der Waals surface area contributed by atoms with Crippen LogP contribution in [0.2, 0.25) is 5.02 Å². The van der Waals surface area contributed by atoms with Crippen LogP contribution in [-0.2, 0) is 0 Å². The van der Waals surface area contributed by atoms with Crippen molar-refractivity contribution in [3.8, 4) is 0 Å². The lowest BCUT2D eigenvalue weighted by Gasteiger charge is -2.18. The van der Waals surface area contributed by atoms with E-state index in [4.69, 9.17) is 11.6 Å². The molecule has 1 N–H and O–H groups in total. The summed E-state index contributed by atoms with van der Waals surface area (Å²) in [5.41, 5.74) is 1.32. The Kier molecular flexibility index (Phi) is 6.56. The predicted octanol–water partition coefficient (Wildman–Crippen LogP) is 3.33. The molecule has 0 aliphatic carbocycles. The highest BCUT2D eigenvalue weighted by Crippen LogP contribution is 2.18. The lowest BCUT2D eigenvalue weighted by molar-refractivity contribution is 0.385. The second-order valence-electron chi connectivity index (χ2n) is 4.62. The van der Waals surface area contributed by atoms with Crippen LogP contribution in [0, 0.1) is 0 Å². The summed E-state index contributed by atoms with van der Waals surface area (Å²) in [5, 5.41) is 4.39. The minimum Gasteiger partial charge on any atom is -0.310 e. The van der Waals surface area contributed by atoms with Crippen LogP contribution in [0.4, 0.5) is 0 Å². The molecular formula is C14H23ClN2. The zero-order chi connectivity index (χ0) is 12.7. The first-order chi connectivity index (χ1) is 8.13. The third-order valence-corrected chi connectivity index (χ3v) is 3.11. The first-order valence-corrected chi connectivity index (χ1v) is 6.65. The van der Waals surface area contributed by atoms with Gasteiger partial charge in [-0.2, -0.15) is 0 Å². The van der Waals surface area contributed by atoms with Gasteiger partial charge in [0.05, 0.1) is 0 Å². The molecule has 0 heterocycles. The van der Waals surface area contributed by atoms with Gasteiger partial charge in [0.25, 0.3) is 0 Å². The Labute approximate surface area is 110 Å². The van der Waals surface area contributed by atoms with Crippen molar-refractivity contribution in [1.29, 1.82) is 0 Å². The minimum atomic E-state index is 0.439. The highest BCUT2D eigenvalue weighted by Gasteiger charge is 2.07. The molecule has 0 radical (unpaired) electrons. The summed E-state index contributed by atoms with van der Waals surface area (Å²) >= 11 is 5.90.